The number of hydrogen-bond acceptors (Lipinski definition) is 1. The van der Waals surface area contributed by atoms with Gasteiger partial charge in [-0.2, -0.15) is 26.3 Å². The lowest BCUT2D eigenvalue weighted by Gasteiger charge is -2.48. The quantitative estimate of drug-likeness (QED) is 0.700. The average molecular weight is 270 g/mol. The SMILES string of the molecule is FC(F)(F)C1(C(F)(F)F)CC(c2ccccc2)O1. The van der Waals surface area contributed by atoms with Crippen LogP contribution in [0.15, 0.2) is 30.3 Å². The van der Waals surface area contributed by atoms with Gasteiger partial charge in [0.05, 0.1) is 6.10 Å². The van der Waals surface area contributed by atoms with E-state index in [1.165, 1.54) is 24.3 Å². The van der Waals surface area contributed by atoms with E-state index >= 15 is 0 Å². The number of hydrogen-bond donors (Lipinski definition) is 0. The van der Waals surface area contributed by atoms with Crippen LogP contribution < -0.4 is 0 Å². The predicted octanol–water partition coefficient (Wildman–Crippen LogP) is 4.01. The third kappa shape index (κ3) is 1.86. The molecule has 1 heterocycles. The van der Waals surface area contributed by atoms with Crippen molar-refractivity contribution in [2.75, 3.05) is 0 Å². The fourth-order valence-corrected chi connectivity index (χ4v) is 1.87. The molecule has 0 N–H and O–H groups in total. The van der Waals surface area contributed by atoms with Gasteiger partial charge in [-0.1, -0.05) is 30.3 Å². The zero-order valence-electron chi connectivity index (χ0n) is 8.85. The molecule has 0 radical (unpaired) electrons. The van der Waals surface area contributed by atoms with Crippen LogP contribution in [0.1, 0.15) is 18.1 Å². The molecule has 18 heavy (non-hydrogen) atoms. The van der Waals surface area contributed by atoms with Crippen LogP contribution in [0.25, 0.3) is 0 Å². The van der Waals surface area contributed by atoms with Crippen LogP contribution in [-0.2, 0) is 4.74 Å². The predicted molar refractivity (Wildman–Crippen MR) is 49.7 cm³/mol. The average Bonchev–Trinajstić information content (AvgIpc) is 2.12. The van der Waals surface area contributed by atoms with Crippen molar-refractivity contribution in [2.45, 2.75) is 30.5 Å². The molecule has 1 unspecified atom stereocenters. The molecule has 1 aromatic rings. The van der Waals surface area contributed by atoms with Crippen LogP contribution >= 0.6 is 0 Å². The standard InChI is InChI=1S/C11H8F6O/c12-10(13,14)9(11(15,16)17)6-8(18-9)7-4-2-1-3-5-7/h1-5,8H,6H2. The van der Waals surface area contributed by atoms with Crippen molar-refractivity contribution in [1.82, 2.24) is 0 Å². The van der Waals surface area contributed by atoms with Gasteiger partial charge in [-0.15, -0.1) is 0 Å². The Hall–Kier alpha value is -1.24. The minimum absolute atomic E-state index is 0.307. The molecular formula is C11H8F6O. The summed E-state index contributed by atoms with van der Waals surface area (Å²) in [5.74, 6) is 0. The van der Waals surface area contributed by atoms with Crippen LogP contribution in [0, 0.1) is 0 Å². The molecule has 1 aliphatic heterocycles. The lowest BCUT2D eigenvalue weighted by Crippen LogP contribution is -2.65. The van der Waals surface area contributed by atoms with Gasteiger partial charge in [0.15, 0.2) is 0 Å². The monoisotopic (exact) mass is 270 g/mol. The smallest absolute Gasteiger partial charge is 0.350 e. The Morgan fingerprint density at radius 1 is 0.944 bits per heavy atom. The maximum Gasteiger partial charge on any atom is 0.426 e. The van der Waals surface area contributed by atoms with Gasteiger partial charge in [-0.05, 0) is 5.56 Å². The van der Waals surface area contributed by atoms with E-state index in [1.54, 1.807) is 6.07 Å². The van der Waals surface area contributed by atoms with Gasteiger partial charge in [-0.25, -0.2) is 0 Å². The van der Waals surface area contributed by atoms with Gasteiger partial charge in [0.1, 0.15) is 0 Å². The van der Waals surface area contributed by atoms with Crippen molar-refractivity contribution < 1.29 is 31.1 Å². The highest BCUT2D eigenvalue weighted by molar-refractivity contribution is 5.22. The van der Waals surface area contributed by atoms with E-state index in [9.17, 15) is 26.3 Å². The Kier molecular flexibility index (Phi) is 2.84. The minimum atomic E-state index is -5.46. The van der Waals surface area contributed by atoms with Crippen molar-refractivity contribution in [3.05, 3.63) is 35.9 Å². The zero-order valence-corrected chi connectivity index (χ0v) is 8.85. The normalized spacial score (nSPS) is 23.6. The summed E-state index contributed by atoms with van der Waals surface area (Å²) < 4.78 is 79.2. The van der Waals surface area contributed by atoms with Crippen LogP contribution in [0.3, 0.4) is 0 Å². The van der Waals surface area contributed by atoms with Crippen LogP contribution in [-0.4, -0.2) is 18.0 Å². The highest BCUT2D eigenvalue weighted by Gasteiger charge is 2.77. The number of benzene rings is 1. The minimum Gasteiger partial charge on any atom is -0.350 e. The number of halogens is 6. The molecule has 1 atom stereocenters. The van der Waals surface area contributed by atoms with Gasteiger partial charge in [0, 0.05) is 6.42 Å². The summed E-state index contributed by atoms with van der Waals surface area (Å²) in [6.07, 6.45) is -13.2. The van der Waals surface area contributed by atoms with E-state index in [0.717, 1.165) is 0 Å². The second-order valence-electron chi connectivity index (χ2n) is 4.04. The fraction of sp³-hybridized carbons (Fsp3) is 0.455. The molecule has 7 heteroatoms. The summed E-state index contributed by atoms with van der Waals surface area (Å²) in [6.45, 7) is 0. The molecule has 1 saturated heterocycles. The largest absolute Gasteiger partial charge is 0.426 e. The van der Waals surface area contributed by atoms with E-state index in [1.807, 2.05) is 0 Å². The highest BCUT2D eigenvalue weighted by Crippen LogP contribution is 2.59. The van der Waals surface area contributed by atoms with E-state index in [-0.39, 0.29) is 0 Å². The van der Waals surface area contributed by atoms with Crippen molar-refractivity contribution >= 4 is 0 Å². The molecule has 1 fully saturated rings. The number of rotatable bonds is 1. The molecule has 0 bridgehead atoms. The third-order valence-corrected chi connectivity index (χ3v) is 2.90. The lowest BCUT2D eigenvalue weighted by molar-refractivity contribution is -0.441. The van der Waals surface area contributed by atoms with Crippen molar-refractivity contribution in [1.29, 1.82) is 0 Å². The molecule has 100 valence electrons. The second kappa shape index (κ2) is 3.88. The Bertz CT molecular complexity index is 399. The first kappa shape index (κ1) is 13.2. The molecule has 0 spiro atoms. The van der Waals surface area contributed by atoms with Crippen molar-refractivity contribution in [2.24, 2.45) is 0 Å². The molecule has 1 nitrogen and oxygen atoms in total. The van der Waals surface area contributed by atoms with Gasteiger partial charge in [-0.3, -0.25) is 0 Å². The summed E-state index contributed by atoms with van der Waals surface area (Å²) in [6, 6.07) is 7.53. The zero-order chi connectivity index (χ0) is 13.6. The molecule has 0 saturated carbocycles. The van der Waals surface area contributed by atoms with E-state index < -0.39 is 30.5 Å². The van der Waals surface area contributed by atoms with Crippen LogP contribution in [0.4, 0.5) is 26.3 Å². The second-order valence-corrected chi connectivity index (χ2v) is 4.04. The number of alkyl halides is 6. The van der Waals surface area contributed by atoms with Gasteiger partial charge in [0.2, 0.25) is 0 Å². The summed E-state index contributed by atoms with van der Waals surface area (Å²) in [7, 11) is 0. The molecular weight excluding hydrogens is 262 g/mol. The van der Waals surface area contributed by atoms with Gasteiger partial charge < -0.3 is 4.74 Å². The third-order valence-electron chi connectivity index (χ3n) is 2.90. The van der Waals surface area contributed by atoms with E-state index in [2.05, 4.69) is 4.74 Å². The first-order valence-electron chi connectivity index (χ1n) is 5.03. The lowest BCUT2D eigenvalue weighted by atomic mass is 9.84. The summed E-state index contributed by atoms with van der Waals surface area (Å²) in [5.41, 5.74) is -3.72. The highest BCUT2D eigenvalue weighted by atomic mass is 19.4. The van der Waals surface area contributed by atoms with Crippen molar-refractivity contribution in [3.8, 4) is 0 Å². The first-order chi connectivity index (χ1) is 8.17. The molecule has 0 amide bonds. The number of ether oxygens (including phenoxy) is 1. The molecule has 0 aliphatic carbocycles. The molecule has 0 aromatic heterocycles. The Labute approximate surface area is 98.4 Å². The van der Waals surface area contributed by atoms with Crippen molar-refractivity contribution in [3.63, 3.8) is 0 Å². The Morgan fingerprint density at radius 3 is 1.78 bits per heavy atom. The maximum absolute atomic E-state index is 12.5. The van der Waals surface area contributed by atoms with Crippen LogP contribution in [0.5, 0.6) is 0 Å². The van der Waals surface area contributed by atoms with Crippen LogP contribution in [0.2, 0.25) is 0 Å². The molecule has 1 aliphatic rings. The van der Waals surface area contributed by atoms with E-state index in [4.69, 9.17) is 0 Å². The molecule has 1 aromatic carbocycles. The fourth-order valence-electron chi connectivity index (χ4n) is 1.87. The summed E-state index contributed by atoms with van der Waals surface area (Å²) in [5, 5.41) is 0. The summed E-state index contributed by atoms with van der Waals surface area (Å²) >= 11 is 0. The Morgan fingerprint density at radius 2 is 1.39 bits per heavy atom. The van der Waals surface area contributed by atoms with Gasteiger partial charge in [0.25, 0.3) is 5.60 Å². The van der Waals surface area contributed by atoms with Gasteiger partial charge >= 0.3 is 12.4 Å². The Balaban J connectivity index is 2.22. The van der Waals surface area contributed by atoms with E-state index in [0.29, 0.717) is 5.56 Å². The topological polar surface area (TPSA) is 9.23 Å². The summed E-state index contributed by atoms with van der Waals surface area (Å²) in [4.78, 5) is 0. The molecule has 2 rings (SSSR count). The first-order valence-corrected chi connectivity index (χ1v) is 5.03. The maximum atomic E-state index is 12.5.